The maximum Gasteiger partial charge on any atom is 0.253 e. The Bertz CT molecular complexity index is 867. The number of morpholine rings is 1. The topological polar surface area (TPSA) is 61.9 Å². The van der Waals surface area contributed by atoms with Gasteiger partial charge in [-0.1, -0.05) is 32.9 Å². The van der Waals surface area contributed by atoms with Crippen molar-refractivity contribution in [2.24, 2.45) is 23.7 Å². The van der Waals surface area contributed by atoms with Gasteiger partial charge < -0.3 is 15.0 Å². The molecule has 0 aromatic heterocycles. The van der Waals surface area contributed by atoms with Gasteiger partial charge in [0.15, 0.2) is 0 Å². The lowest BCUT2D eigenvalue weighted by Gasteiger charge is -2.38. The summed E-state index contributed by atoms with van der Waals surface area (Å²) in [5.41, 5.74) is 2.13. The summed E-state index contributed by atoms with van der Waals surface area (Å²) in [5, 5.41) is 3.26. The summed E-state index contributed by atoms with van der Waals surface area (Å²) in [6.07, 6.45) is 4.25. The average Bonchev–Trinajstić information content (AvgIpc) is 3.30. The molecule has 2 amide bonds. The van der Waals surface area contributed by atoms with Gasteiger partial charge in [0.1, 0.15) is 0 Å². The number of ether oxygens (including phenoxy) is 1. The second kappa shape index (κ2) is 9.62. The number of carbonyl (C=O) groups is 2. The van der Waals surface area contributed by atoms with E-state index in [0.717, 1.165) is 77.2 Å². The molecule has 2 aliphatic carbocycles. The predicted octanol–water partition coefficient (Wildman–Crippen LogP) is 3.31. The van der Waals surface area contributed by atoms with Crippen molar-refractivity contribution in [3.63, 3.8) is 0 Å². The molecule has 0 bridgehead atoms. The number of hydrogen-bond acceptors (Lipinski definition) is 4. The van der Waals surface area contributed by atoms with E-state index >= 15 is 0 Å². The monoisotopic (exact) mass is 467 g/mol. The average molecular weight is 468 g/mol. The van der Waals surface area contributed by atoms with Crippen LogP contribution >= 0.6 is 0 Å². The van der Waals surface area contributed by atoms with Crippen LogP contribution in [0, 0.1) is 23.7 Å². The fourth-order valence-corrected chi connectivity index (χ4v) is 6.42. The Morgan fingerprint density at radius 3 is 2.18 bits per heavy atom. The Kier molecular flexibility index (Phi) is 6.73. The smallest absolute Gasteiger partial charge is 0.253 e. The van der Waals surface area contributed by atoms with Crippen LogP contribution in [0.25, 0.3) is 0 Å². The molecule has 4 aliphatic rings. The molecule has 186 valence electrons. The van der Waals surface area contributed by atoms with Crippen LogP contribution in [0.1, 0.15) is 62.4 Å². The number of carbonyl (C=O) groups excluding carboxylic acids is 2. The lowest BCUT2D eigenvalue weighted by atomic mass is 9.84. The summed E-state index contributed by atoms with van der Waals surface area (Å²) in [7, 11) is 0. The third kappa shape index (κ3) is 5.03. The minimum Gasteiger partial charge on any atom is -0.379 e. The van der Waals surface area contributed by atoms with E-state index in [1.54, 1.807) is 0 Å². The molecule has 0 spiro atoms. The number of benzene rings is 1. The van der Waals surface area contributed by atoms with E-state index in [-0.39, 0.29) is 23.1 Å². The van der Waals surface area contributed by atoms with E-state index in [1.807, 2.05) is 17.0 Å². The molecular formula is C28H41N3O3. The molecular weight excluding hydrogens is 426 g/mol. The van der Waals surface area contributed by atoms with Gasteiger partial charge in [0, 0.05) is 50.2 Å². The standard InChI is InChI=1S/C28H41N3O3/c1-28(2,3)21-8-4-20(5-9-21)27(33)31-17-24-23(25(24)18-31)16-29-26(32)19-6-10-22(11-7-19)30-12-14-34-15-13-30/h4-5,8-9,19,22-25H,6-7,10-18H2,1-3H3,(H,29,32). The van der Waals surface area contributed by atoms with Gasteiger partial charge in [0.05, 0.1) is 13.2 Å². The third-order valence-corrected chi connectivity index (χ3v) is 8.80. The maximum absolute atomic E-state index is 12.9. The van der Waals surface area contributed by atoms with Gasteiger partial charge >= 0.3 is 0 Å². The van der Waals surface area contributed by atoms with Crippen LogP contribution in [0.5, 0.6) is 0 Å². The minimum atomic E-state index is 0.0938. The Morgan fingerprint density at radius 1 is 0.971 bits per heavy atom. The van der Waals surface area contributed by atoms with Crippen LogP contribution < -0.4 is 5.32 Å². The highest BCUT2D eigenvalue weighted by Gasteiger charge is 2.56. The van der Waals surface area contributed by atoms with E-state index in [4.69, 9.17) is 4.74 Å². The highest BCUT2D eigenvalue weighted by Crippen LogP contribution is 2.51. The maximum atomic E-state index is 12.9. The van der Waals surface area contributed by atoms with Crippen molar-refractivity contribution >= 4 is 11.8 Å². The number of hydrogen-bond donors (Lipinski definition) is 1. The van der Waals surface area contributed by atoms with Crippen molar-refractivity contribution in [1.82, 2.24) is 15.1 Å². The minimum absolute atomic E-state index is 0.0938. The molecule has 1 N–H and O–H groups in total. The summed E-state index contributed by atoms with van der Waals surface area (Å²) in [6, 6.07) is 8.73. The number of nitrogens with one attached hydrogen (secondary N) is 1. The van der Waals surface area contributed by atoms with Crippen molar-refractivity contribution in [3.8, 4) is 0 Å². The van der Waals surface area contributed by atoms with Crippen LogP contribution in [-0.2, 0) is 14.9 Å². The van der Waals surface area contributed by atoms with E-state index in [0.29, 0.717) is 23.8 Å². The number of piperidine rings is 1. The molecule has 1 aromatic carbocycles. The first kappa shape index (κ1) is 23.8. The van der Waals surface area contributed by atoms with Crippen molar-refractivity contribution in [3.05, 3.63) is 35.4 Å². The molecule has 2 saturated carbocycles. The van der Waals surface area contributed by atoms with Gasteiger partial charge in [0.25, 0.3) is 5.91 Å². The van der Waals surface area contributed by atoms with Gasteiger partial charge in [-0.05, 0) is 66.5 Å². The molecule has 1 aromatic rings. The first-order valence-electron chi connectivity index (χ1n) is 13.3. The largest absolute Gasteiger partial charge is 0.379 e. The highest BCUT2D eigenvalue weighted by atomic mass is 16.5. The van der Waals surface area contributed by atoms with Crippen molar-refractivity contribution in [2.75, 3.05) is 45.9 Å². The van der Waals surface area contributed by atoms with Gasteiger partial charge in [-0.2, -0.15) is 0 Å². The first-order chi connectivity index (χ1) is 16.3. The first-order valence-corrected chi connectivity index (χ1v) is 13.3. The molecule has 34 heavy (non-hydrogen) atoms. The van der Waals surface area contributed by atoms with Crippen molar-refractivity contribution < 1.29 is 14.3 Å². The zero-order valence-electron chi connectivity index (χ0n) is 21.1. The molecule has 0 radical (unpaired) electrons. The van der Waals surface area contributed by atoms with Crippen LogP contribution in [-0.4, -0.2) is 73.6 Å². The Balaban J connectivity index is 1.03. The molecule has 6 heteroatoms. The number of nitrogens with zero attached hydrogens (tertiary/aromatic N) is 2. The Hall–Kier alpha value is -1.92. The molecule has 2 heterocycles. The van der Waals surface area contributed by atoms with E-state index in [2.05, 4.69) is 43.1 Å². The molecule has 6 nitrogen and oxygen atoms in total. The number of fused-ring (bicyclic) bond motifs is 1. The Labute approximate surface area is 204 Å². The predicted molar refractivity (Wildman–Crippen MR) is 133 cm³/mol. The molecule has 4 fully saturated rings. The van der Waals surface area contributed by atoms with Crippen LogP contribution in [0.2, 0.25) is 0 Å². The SMILES string of the molecule is CC(C)(C)c1ccc(C(=O)N2CC3C(CNC(=O)C4CCC(N5CCOCC5)CC4)C3C2)cc1. The van der Waals surface area contributed by atoms with Crippen molar-refractivity contribution in [2.45, 2.75) is 57.9 Å². The lowest BCUT2D eigenvalue weighted by molar-refractivity contribution is -0.126. The second-order valence-corrected chi connectivity index (χ2v) is 11.9. The summed E-state index contributed by atoms with van der Waals surface area (Å²) in [5.74, 6) is 2.21. The van der Waals surface area contributed by atoms with E-state index in [1.165, 1.54) is 5.56 Å². The van der Waals surface area contributed by atoms with Gasteiger partial charge in [-0.3, -0.25) is 14.5 Å². The van der Waals surface area contributed by atoms with Crippen LogP contribution in [0.4, 0.5) is 0 Å². The van der Waals surface area contributed by atoms with E-state index < -0.39 is 0 Å². The lowest BCUT2D eigenvalue weighted by Crippen LogP contribution is -2.46. The number of amides is 2. The van der Waals surface area contributed by atoms with E-state index in [9.17, 15) is 9.59 Å². The molecule has 2 atom stereocenters. The van der Waals surface area contributed by atoms with Gasteiger partial charge in [-0.25, -0.2) is 0 Å². The van der Waals surface area contributed by atoms with Crippen LogP contribution in [0.3, 0.4) is 0 Å². The Morgan fingerprint density at radius 2 is 1.59 bits per heavy atom. The summed E-state index contributed by atoms with van der Waals surface area (Å²) < 4.78 is 5.47. The third-order valence-electron chi connectivity index (χ3n) is 8.80. The zero-order chi connectivity index (χ0) is 23.9. The summed E-state index contributed by atoms with van der Waals surface area (Å²) in [4.78, 5) is 30.3. The van der Waals surface area contributed by atoms with Gasteiger partial charge in [-0.15, -0.1) is 0 Å². The normalized spacial score (nSPS) is 31.7. The second-order valence-electron chi connectivity index (χ2n) is 11.9. The molecule has 5 rings (SSSR count). The van der Waals surface area contributed by atoms with Crippen LogP contribution in [0.15, 0.2) is 24.3 Å². The van der Waals surface area contributed by atoms with Gasteiger partial charge in [0.2, 0.25) is 5.91 Å². The quantitative estimate of drug-likeness (QED) is 0.722. The fraction of sp³-hybridized carbons (Fsp3) is 0.714. The molecule has 2 aliphatic heterocycles. The zero-order valence-corrected chi connectivity index (χ0v) is 21.1. The number of rotatable bonds is 5. The number of likely N-dealkylation sites (tertiary alicyclic amines) is 1. The highest BCUT2D eigenvalue weighted by molar-refractivity contribution is 5.94. The fourth-order valence-electron chi connectivity index (χ4n) is 6.42. The molecule has 2 unspecified atom stereocenters. The van der Waals surface area contributed by atoms with Crippen molar-refractivity contribution in [1.29, 1.82) is 0 Å². The molecule has 2 saturated heterocycles. The summed E-state index contributed by atoms with van der Waals surface area (Å²) in [6.45, 7) is 12.8. The summed E-state index contributed by atoms with van der Waals surface area (Å²) >= 11 is 0.